The second-order valence-corrected chi connectivity index (χ2v) is 4.82. The van der Waals surface area contributed by atoms with Crippen LogP contribution in [0, 0.1) is 10.8 Å². The van der Waals surface area contributed by atoms with Crippen LogP contribution in [0.4, 0.5) is 0 Å². The normalized spacial score (nSPS) is 13.2. The fraction of sp³-hybridized carbons (Fsp3) is 0.909. The first-order chi connectivity index (χ1) is 5.25. The van der Waals surface area contributed by atoms with E-state index in [2.05, 4.69) is 20.8 Å². The molecule has 0 spiro atoms. The van der Waals surface area contributed by atoms with E-state index < -0.39 is 0 Å². The summed E-state index contributed by atoms with van der Waals surface area (Å²) < 4.78 is 0. The van der Waals surface area contributed by atoms with Gasteiger partial charge in [0.15, 0.2) is 0 Å². The molecular weight excluding hydrogens is 148 g/mol. The molecule has 0 rings (SSSR count). The summed E-state index contributed by atoms with van der Waals surface area (Å²) in [6, 6.07) is 0. The average Bonchev–Trinajstić information content (AvgIpc) is 1.86. The number of Topliss-reactive ketones (excluding diaryl/α,β-unsaturated/α-hetero) is 1. The molecule has 0 aromatic heterocycles. The molecule has 0 aliphatic carbocycles. The highest BCUT2D eigenvalue weighted by atomic mass is 16.1. The molecule has 0 amide bonds. The van der Waals surface area contributed by atoms with Crippen LogP contribution in [0.25, 0.3) is 0 Å². The third-order valence-corrected chi connectivity index (χ3v) is 3.45. The zero-order valence-electron chi connectivity index (χ0n) is 9.32. The van der Waals surface area contributed by atoms with Crippen molar-refractivity contribution in [3.05, 3.63) is 0 Å². The van der Waals surface area contributed by atoms with Gasteiger partial charge in [-0.1, -0.05) is 41.0 Å². The van der Waals surface area contributed by atoms with Gasteiger partial charge in [-0.25, -0.2) is 0 Å². The van der Waals surface area contributed by atoms with Gasteiger partial charge in [0.05, 0.1) is 0 Å². The first-order valence-corrected chi connectivity index (χ1v) is 4.76. The van der Waals surface area contributed by atoms with Crippen molar-refractivity contribution < 1.29 is 4.79 Å². The Kier molecular flexibility index (Phi) is 3.49. The second kappa shape index (κ2) is 3.59. The Hall–Kier alpha value is -0.330. The SMILES string of the molecule is CCCC(C)(C)C(C)(C)C(C)=O. The van der Waals surface area contributed by atoms with Crippen LogP contribution in [0.2, 0.25) is 0 Å². The molecule has 0 aromatic carbocycles. The van der Waals surface area contributed by atoms with Crippen LogP contribution in [-0.4, -0.2) is 5.78 Å². The monoisotopic (exact) mass is 170 g/mol. The maximum absolute atomic E-state index is 11.4. The van der Waals surface area contributed by atoms with Crippen molar-refractivity contribution in [2.24, 2.45) is 10.8 Å². The third-order valence-electron chi connectivity index (χ3n) is 3.45. The fourth-order valence-electron chi connectivity index (χ4n) is 1.41. The van der Waals surface area contributed by atoms with E-state index in [9.17, 15) is 4.79 Å². The zero-order chi connectivity index (χ0) is 9.99. The molecule has 1 heteroatoms. The summed E-state index contributed by atoms with van der Waals surface area (Å²) >= 11 is 0. The van der Waals surface area contributed by atoms with Gasteiger partial charge in [-0.05, 0) is 18.8 Å². The molecule has 0 atom stereocenters. The summed E-state index contributed by atoms with van der Waals surface area (Å²) in [6.45, 7) is 12.3. The van der Waals surface area contributed by atoms with E-state index in [0.29, 0.717) is 5.78 Å². The summed E-state index contributed by atoms with van der Waals surface area (Å²) in [6.07, 6.45) is 2.25. The van der Waals surface area contributed by atoms with Gasteiger partial charge in [0.2, 0.25) is 0 Å². The highest BCUT2D eigenvalue weighted by molar-refractivity contribution is 5.82. The lowest BCUT2D eigenvalue weighted by Gasteiger charge is -2.39. The zero-order valence-corrected chi connectivity index (χ0v) is 9.32. The van der Waals surface area contributed by atoms with Gasteiger partial charge >= 0.3 is 0 Å². The van der Waals surface area contributed by atoms with Crippen LogP contribution < -0.4 is 0 Å². The number of ketones is 1. The van der Waals surface area contributed by atoms with E-state index in [1.807, 2.05) is 13.8 Å². The van der Waals surface area contributed by atoms with Crippen LogP contribution in [0.15, 0.2) is 0 Å². The Labute approximate surface area is 76.6 Å². The van der Waals surface area contributed by atoms with Gasteiger partial charge in [0, 0.05) is 5.41 Å². The fourth-order valence-corrected chi connectivity index (χ4v) is 1.41. The standard InChI is InChI=1S/C11H22O/c1-7-8-10(3,4)11(5,6)9(2)12/h7-8H2,1-6H3. The lowest BCUT2D eigenvalue weighted by atomic mass is 9.64. The van der Waals surface area contributed by atoms with E-state index in [4.69, 9.17) is 0 Å². The van der Waals surface area contributed by atoms with Crippen molar-refractivity contribution in [1.29, 1.82) is 0 Å². The lowest BCUT2D eigenvalue weighted by molar-refractivity contribution is -0.131. The first kappa shape index (κ1) is 11.7. The van der Waals surface area contributed by atoms with Gasteiger partial charge in [-0.3, -0.25) is 4.79 Å². The van der Waals surface area contributed by atoms with Crippen molar-refractivity contribution in [1.82, 2.24) is 0 Å². The minimum Gasteiger partial charge on any atom is -0.299 e. The molecule has 0 aromatic rings. The van der Waals surface area contributed by atoms with Crippen LogP contribution in [-0.2, 0) is 4.79 Å². The molecule has 0 aliphatic heterocycles. The third kappa shape index (κ3) is 2.09. The maximum Gasteiger partial charge on any atom is 0.135 e. The predicted molar refractivity (Wildman–Crippen MR) is 53.2 cm³/mol. The van der Waals surface area contributed by atoms with Gasteiger partial charge in [-0.15, -0.1) is 0 Å². The largest absolute Gasteiger partial charge is 0.299 e. The van der Waals surface area contributed by atoms with Crippen LogP contribution in [0.3, 0.4) is 0 Å². The number of carbonyl (C=O) groups is 1. The molecule has 0 unspecified atom stereocenters. The number of rotatable bonds is 4. The number of hydrogen-bond acceptors (Lipinski definition) is 1. The van der Waals surface area contributed by atoms with Crippen molar-refractivity contribution in [3.8, 4) is 0 Å². The highest BCUT2D eigenvalue weighted by Crippen LogP contribution is 2.42. The minimum absolute atomic E-state index is 0.119. The molecule has 0 saturated heterocycles. The van der Waals surface area contributed by atoms with Crippen molar-refractivity contribution >= 4 is 5.78 Å². The van der Waals surface area contributed by atoms with Gasteiger partial charge in [0.25, 0.3) is 0 Å². The smallest absolute Gasteiger partial charge is 0.135 e. The summed E-state index contributed by atoms with van der Waals surface area (Å²) in [7, 11) is 0. The minimum atomic E-state index is -0.191. The molecule has 0 radical (unpaired) electrons. The van der Waals surface area contributed by atoms with Gasteiger partial charge in [0.1, 0.15) is 5.78 Å². The van der Waals surface area contributed by atoms with Crippen LogP contribution in [0.1, 0.15) is 54.4 Å². The number of hydrogen-bond donors (Lipinski definition) is 0. The van der Waals surface area contributed by atoms with Crippen molar-refractivity contribution in [2.75, 3.05) is 0 Å². The van der Waals surface area contributed by atoms with E-state index in [0.717, 1.165) is 12.8 Å². The second-order valence-electron chi connectivity index (χ2n) is 4.82. The molecule has 0 bridgehead atoms. The molecule has 0 N–H and O–H groups in total. The summed E-state index contributed by atoms with van der Waals surface area (Å²) in [4.78, 5) is 11.4. The Morgan fingerprint density at radius 1 is 1.17 bits per heavy atom. The molecule has 12 heavy (non-hydrogen) atoms. The summed E-state index contributed by atoms with van der Waals surface area (Å²) in [5.41, 5.74) is -0.0728. The maximum atomic E-state index is 11.4. The molecular formula is C11H22O. The number of carbonyl (C=O) groups excluding carboxylic acids is 1. The van der Waals surface area contributed by atoms with Crippen LogP contribution in [0.5, 0.6) is 0 Å². The molecule has 1 nitrogen and oxygen atoms in total. The molecule has 0 fully saturated rings. The van der Waals surface area contributed by atoms with E-state index in [1.165, 1.54) is 0 Å². The van der Waals surface area contributed by atoms with E-state index in [1.54, 1.807) is 6.92 Å². The molecule has 0 saturated carbocycles. The Bertz CT molecular complexity index is 166. The lowest BCUT2D eigenvalue weighted by Crippen LogP contribution is -2.38. The van der Waals surface area contributed by atoms with Gasteiger partial charge < -0.3 is 0 Å². The molecule has 0 heterocycles. The summed E-state index contributed by atoms with van der Waals surface area (Å²) in [5.74, 6) is 0.293. The van der Waals surface area contributed by atoms with Crippen molar-refractivity contribution in [2.45, 2.75) is 54.4 Å². The van der Waals surface area contributed by atoms with Crippen molar-refractivity contribution in [3.63, 3.8) is 0 Å². The predicted octanol–water partition coefficient (Wildman–Crippen LogP) is 3.43. The first-order valence-electron chi connectivity index (χ1n) is 4.76. The molecule has 0 aliphatic rings. The Morgan fingerprint density at radius 2 is 1.58 bits per heavy atom. The Balaban J connectivity index is 4.62. The van der Waals surface area contributed by atoms with Crippen LogP contribution >= 0.6 is 0 Å². The highest BCUT2D eigenvalue weighted by Gasteiger charge is 2.39. The quantitative estimate of drug-likeness (QED) is 0.631. The van der Waals surface area contributed by atoms with Gasteiger partial charge in [-0.2, -0.15) is 0 Å². The summed E-state index contributed by atoms with van der Waals surface area (Å²) in [5, 5.41) is 0. The average molecular weight is 170 g/mol. The van der Waals surface area contributed by atoms with E-state index >= 15 is 0 Å². The van der Waals surface area contributed by atoms with E-state index in [-0.39, 0.29) is 10.8 Å². The topological polar surface area (TPSA) is 17.1 Å². The molecule has 72 valence electrons. The Morgan fingerprint density at radius 3 is 1.83 bits per heavy atom.